The summed E-state index contributed by atoms with van der Waals surface area (Å²) in [6.45, 7) is 7.53. The molecule has 0 aromatic carbocycles. The van der Waals surface area contributed by atoms with Gasteiger partial charge in [0.05, 0.1) is 12.4 Å². The molecule has 1 aliphatic rings. The second-order valence-electron chi connectivity index (χ2n) is 2.56. The van der Waals surface area contributed by atoms with Crippen LogP contribution < -0.4 is 0 Å². The Morgan fingerprint density at radius 3 is 2.00 bits per heavy atom. The van der Waals surface area contributed by atoms with Crippen LogP contribution in [0.1, 0.15) is 46.0 Å². The van der Waals surface area contributed by atoms with Crippen molar-refractivity contribution in [3.05, 3.63) is 12.8 Å². The van der Waals surface area contributed by atoms with Gasteiger partial charge in [-0.25, -0.2) is 0 Å². The first-order valence-electron chi connectivity index (χ1n) is 5.14. The molecule has 1 saturated carbocycles. The smallest absolute Gasteiger partial charge is 0.0978 e. The largest absolute Gasteiger partial charge is 0.499 e. The first-order valence-corrected chi connectivity index (χ1v) is 6.04. The van der Waals surface area contributed by atoms with Crippen LogP contribution in [0.25, 0.3) is 0 Å². The normalized spacial score (nSPS) is 15.7. The Kier molecular flexibility index (Phi) is 17.0. The molecule has 0 heterocycles. The lowest BCUT2D eigenvalue weighted by molar-refractivity contribution is 0.107. The maximum Gasteiger partial charge on any atom is 0.0978 e. The maximum absolute atomic E-state index is 5.25. The van der Waals surface area contributed by atoms with Crippen molar-refractivity contribution < 1.29 is 4.74 Å². The second kappa shape index (κ2) is 14.4. The van der Waals surface area contributed by atoms with Crippen molar-refractivity contribution in [1.29, 1.82) is 0 Å². The zero-order chi connectivity index (χ0) is 10.5. The molecule has 0 radical (unpaired) electrons. The van der Waals surface area contributed by atoms with Crippen LogP contribution in [0.3, 0.4) is 0 Å². The minimum atomic E-state index is 0.483. The summed E-state index contributed by atoms with van der Waals surface area (Å²) in [5, 5.41) is 0. The molecule has 0 aliphatic heterocycles. The molecule has 13 heavy (non-hydrogen) atoms. The summed E-state index contributed by atoms with van der Waals surface area (Å²) in [7, 11) is 0. The summed E-state index contributed by atoms with van der Waals surface area (Å²) in [6.07, 6.45) is 10.2. The first kappa shape index (κ1) is 15.4. The molecule has 1 fully saturated rings. The fourth-order valence-electron chi connectivity index (χ4n) is 1.34. The Bertz CT molecular complexity index is 88.1. The Balaban J connectivity index is 0. The summed E-state index contributed by atoms with van der Waals surface area (Å²) in [5.74, 6) is 0. The van der Waals surface area contributed by atoms with Gasteiger partial charge in [-0.15, -0.1) is 0 Å². The lowest BCUT2D eigenvalue weighted by atomic mass is 9.98. The minimum absolute atomic E-state index is 0.483. The highest BCUT2D eigenvalue weighted by Gasteiger charge is 2.11. The molecular weight excluding hydrogens is 180 g/mol. The highest BCUT2D eigenvalue weighted by Crippen LogP contribution is 2.19. The van der Waals surface area contributed by atoms with Crippen LogP contribution in [0, 0.1) is 0 Å². The van der Waals surface area contributed by atoms with Gasteiger partial charge in [0.15, 0.2) is 0 Å². The van der Waals surface area contributed by atoms with E-state index in [0.29, 0.717) is 6.10 Å². The van der Waals surface area contributed by atoms with E-state index in [0.717, 1.165) is 0 Å². The van der Waals surface area contributed by atoms with Crippen molar-refractivity contribution in [1.82, 2.24) is 0 Å². The van der Waals surface area contributed by atoms with Crippen LogP contribution in [0.5, 0.6) is 0 Å². The topological polar surface area (TPSA) is 9.23 Å². The van der Waals surface area contributed by atoms with Crippen molar-refractivity contribution in [3.8, 4) is 0 Å². The summed E-state index contributed by atoms with van der Waals surface area (Å²) in [4.78, 5) is 0. The third-order valence-corrected chi connectivity index (χ3v) is 1.84. The second-order valence-corrected chi connectivity index (χ2v) is 2.56. The Labute approximate surface area is 89.0 Å². The molecular formula is C11H24OS. The Morgan fingerprint density at radius 2 is 1.62 bits per heavy atom. The van der Waals surface area contributed by atoms with Crippen LogP contribution in [-0.2, 0) is 4.74 Å². The molecule has 1 rings (SSSR count). The third kappa shape index (κ3) is 9.81. The lowest BCUT2D eigenvalue weighted by Gasteiger charge is -2.20. The van der Waals surface area contributed by atoms with Gasteiger partial charge in [-0.2, -0.15) is 12.6 Å². The minimum Gasteiger partial charge on any atom is -0.499 e. The molecule has 1 nitrogen and oxygen atoms in total. The van der Waals surface area contributed by atoms with E-state index in [4.69, 9.17) is 4.74 Å². The molecule has 0 aromatic heterocycles. The van der Waals surface area contributed by atoms with Gasteiger partial charge in [-0.3, -0.25) is 0 Å². The summed E-state index contributed by atoms with van der Waals surface area (Å²) in [6, 6.07) is 0. The van der Waals surface area contributed by atoms with E-state index < -0.39 is 0 Å². The molecule has 1 aliphatic carbocycles. The Hall–Kier alpha value is -0.110. The van der Waals surface area contributed by atoms with Gasteiger partial charge in [-0.1, -0.05) is 26.8 Å². The monoisotopic (exact) mass is 204 g/mol. The maximum atomic E-state index is 5.25. The fraction of sp³-hybridized carbons (Fsp3) is 0.818. The van der Waals surface area contributed by atoms with Crippen LogP contribution >= 0.6 is 12.6 Å². The molecule has 0 N–H and O–H groups in total. The number of ether oxygens (including phenoxy) is 1. The number of hydrogen-bond donors (Lipinski definition) is 1. The van der Waals surface area contributed by atoms with Gasteiger partial charge in [-0.05, 0) is 31.9 Å². The molecule has 80 valence electrons. The number of rotatable bonds is 2. The predicted octanol–water partition coefficient (Wildman–Crippen LogP) is 4.05. The average molecular weight is 204 g/mol. The molecule has 0 bridgehead atoms. The van der Waals surface area contributed by atoms with E-state index in [1.807, 2.05) is 13.8 Å². The third-order valence-electron chi connectivity index (χ3n) is 1.84. The fourth-order valence-corrected chi connectivity index (χ4v) is 1.34. The molecule has 0 spiro atoms. The van der Waals surface area contributed by atoms with E-state index >= 15 is 0 Å². The summed E-state index contributed by atoms with van der Waals surface area (Å²) < 4.78 is 5.25. The zero-order valence-electron chi connectivity index (χ0n) is 9.25. The highest BCUT2D eigenvalue weighted by atomic mass is 32.1. The standard InChI is InChI=1S/C8H14O.C2H6.CH4S/c1-2-9-8-6-4-3-5-7-8;2*1-2/h2,8H,1,3-7H2;1-2H3;2H,1H3. The van der Waals surface area contributed by atoms with Crippen molar-refractivity contribution >= 4 is 12.6 Å². The highest BCUT2D eigenvalue weighted by molar-refractivity contribution is 7.79. The van der Waals surface area contributed by atoms with E-state index in [1.54, 1.807) is 12.5 Å². The van der Waals surface area contributed by atoms with Gasteiger partial charge in [0.1, 0.15) is 0 Å². The van der Waals surface area contributed by atoms with Crippen molar-refractivity contribution in [2.24, 2.45) is 0 Å². The van der Waals surface area contributed by atoms with Crippen LogP contribution in [-0.4, -0.2) is 12.4 Å². The summed E-state index contributed by atoms with van der Waals surface area (Å²) >= 11 is 3.53. The first-order chi connectivity index (χ1) is 6.43. The molecule has 0 atom stereocenters. The molecule has 0 amide bonds. The summed E-state index contributed by atoms with van der Waals surface area (Å²) in [5.41, 5.74) is 0. The average Bonchev–Trinajstić information content (AvgIpc) is 2.26. The number of thiol groups is 1. The van der Waals surface area contributed by atoms with E-state index in [-0.39, 0.29) is 0 Å². The Morgan fingerprint density at radius 1 is 1.15 bits per heavy atom. The van der Waals surface area contributed by atoms with Gasteiger partial charge in [0, 0.05) is 0 Å². The predicted molar refractivity (Wildman–Crippen MR) is 64.4 cm³/mol. The van der Waals surface area contributed by atoms with Gasteiger partial charge in [0.2, 0.25) is 0 Å². The van der Waals surface area contributed by atoms with E-state index in [1.165, 1.54) is 32.1 Å². The van der Waals surface area contributed by atoms with Crippen LogP contribution in [0.15, 0.2) is 12.8 Å². The SMILES string of the molecule is C=COC1CCCCC1.CC.CS. The molecule has 2 heteroatoms. The van der Waals surface area contributed by atoms with Gasteiger partial charge >= 0.3 is 0 Å². The van der Waals surface area contributed by atoms with Gasteiger partial charge in [0.25, 0.3) is 0 Å². The number of hydrogen-bond acceptors (Lipinski definition) is 2. The lowest BCUT2D eigenvalue weighted by Crippen LogP contribution is -2.13. The van der Waals surface area contributed by atoms with E-state index in [2.05, 4.69) is 19.2 Å². The van der Waals surface area contributed by atoms with E-state index in [9.17, 15) is 0 Å². The quantitative estimate of drug-likeness (QED) is 0.527. The molecule has 0 saturated heterocycles. The van der Waals surface area contributed by atoms with Crippen LogP contribution in [0.4, 0.5) is 0 Å². The van der Waals surface area contributed by atoms with Crippen LogP contribution in [0.2, 0.25) is 0 Å². The zero-order valence-corrected chi connectivity index (χ0v) is 10.1. The van der Waals surface area contributed by atoms with Crippen molar-refractivity contribution in [3.63, 3.8) is 0 Å². The molecule has 0 unspecified atom stereocenters. The molecule has 0 aromatic rings. The van der Waals surface area contributed by atoms with Gasteiger partial charge < -0.3 is 4.74 Å². The van der Waals surface area contributed by atoms with Crippen molar-refractivity contribution in [2.75, 3.05) is 6.26 Å². The van der Waals surface area contributed by atoms with Crippen molar-refractivity contribution in [2.45, 2.75) is 52.1 Å².